The largest absolute Gasteiger partial charge is 0.478 e. The van der Waals surface area contributed by atoms with Crippen molar-refractivity contribution in [3.63, 3.8) is 0 Å². The number of aromatic carboxylic acids is 1. The van der Waals surface area contributed by atoms with Crippen LogP contribution >= 0.6 is 0 Å². The second-order valence-electron chi connectivity index (χ2n) is 5.52. The van der Waals surface area contributed by atoms with Crippen LogP contribution in [0.15, 0.2) is 39.9 Å². The number of carboxylic acid groups (broad SMARTS) is 1. The Morgan fingerprint density at radius 3 is 2.29 bits per heavy atom. The molecule has 0 unspecified atom stereocenters. The normalized spacial score (nSPS) is 11.0. The number of benzene rings is 1. The molecule has 122 valence electrons. The van der Waals surface area contributed by atoms with E-state index in [1.807, 2.05) is 0 Å². The van der Waals surface area contributed by atoms with Crippen molar-refractivity contribution in [2.24, 2.45) is 14.1 Å². The van der Waals surface area contributed by atoms with E-state index in [1.165, 1.54) is 18.7 Å². The van der Waals surface area contributed by atoms with E-state index in [1.54, 1.807) is 37.3 Å². The summed E-state index contributed by atoms with van der Waals surface area (Å²) >= 11 is 0. The van der Waals surface area contributed by atoms with E-state index in [-0.39, 0.29) is 27.9 Å². The zero-order valence-electron chi connectivity index (χ0n) is 13.4. The lowest BCUT2D eigenvalue weighted by molar-refractivity contribution is 0.0696. The van der Waals surface area contributed by atoms with Gasteiger partial charge in [0.15, 0.2) is 0 Å². The minimum absolute atomic E-state index is 0.0375. The third-order valence-electron chi connectivity index (χ3n) is 4.05. The second kappa shape index (κ2) is 5.45. The van der Waals surface area contributed by atoms with Gasteiger partial charge in [-0.25, -0.2) is 14.6 Å². The molecule has 3 rings (SSSR count). The molecule has 24 heavy (non-hydrogen) atoms. The molecule has 0 bridgehead atoms. The highest BCUT2D eigenvalue weighted by molar-refractivity contribution is 6.06. The summed E-state index contributed by atoms with van der Waals surface area (Å²) in [6, 6.07) is 8.77. The molecule has 0 radical (unpaired) electrons. The van der Waals surface area contributed by atoms with Crippen molar-refractivity contribution in [1.29, 1.82) is 0 Å². The first kappa shape index (κ1) is 15.7. The maximum Gasteiger partial charge on any atom is 0.338 e. The maximum atomic E-state index is 12.7. The first-order chi connectivity index (χ1) is 11.3. The summed E-state index contributed by atoms with van der Waals surface area (Å²) in [7, 11) is 2.87. The third-order valence-corrected chi connectivity index (χ3v) is 4.05. The maximum absolute atomic E-state index is 12.7. The Kier molecular flexibility index (Phi) is 3.56. The monoisotopic (exact) mass is 325 g/mol. The fourth-order valence-corrected chi connectivity index (χ4v) is 2.86. The molecular weight excluding hydrogens is 310 g/mol. The molecule has 0 aliphatic heterocycles. The minimum atomic E-state index is -1.17. The van der Waals surface area contributed by atoms with E-state index in [0.717, 1.165) is 4.57 Å². The van der Waals surface area contributed by atoms with Gasteiger partial charge in [0.25, 0.3) is 5.56 Å². The van der Waals surface area contributed by atoms with E-state index in [2.05, 4.69) is 4.98 Å². The number of aryl methyl sites for hydroxylation is 2. The molecule has 0 saturated carbocycles. The van der Waals surface area contributed by atoms with Crippen molar-refractivity contribution in [1.82, 2.24) is 14.1 Å². The quantitative estimate of drug-likeness (QED) is 0.766. The van der Waals surface area contributed by atoms with E-state index in [0.29, 0.717) is 5.56 Å². The summed E-state index contributed by atoms with van der Waals surface area (Å²) in [5, 5.41) is 9.75. The Labute approximate surface area is 136 Å². The van der Waals surface area contributed by atoms with E-state index >= 15 is 0 Å². The van der Waals surface area contributed by atoms with Crippen LogP contribution < -0.4 is 11.2 Å². The Balaban J connectivity index is 2.70. The molecule has 7 nitrogen and oxygen atoms in total. The number of nitrogens with zero attached hydrogens (tertiary/aromatic N) is 3. The average molecular weight is 325 g/mol. The van der Waals surface area contributed by atoms with Gasteiger partial charge in [-0.2, -0.15) is 0 Å². The van der Waals surface area contributed by atoms with E-state index in [4.69, 9.17) is 0 Å². The van der Waals surface area contributed by atoms with Crippen LogP contribution in [0.2, 0.25) is 0 Å². The Bertz CT molecular complexity index is 1090. The summed E-state index contributed by atoms with van der Waals surface area (Å²) in [5.74, 6) is -1.17. The molecule has 0 fully saturated rings. The Morgan fingerprint density at radius 1 is 1.08 bits per heavy atom. The summed E-state index contributed by atoms with van der Waals surface area (Å²) in [6.45, 7) is 1.55. The van der Waals surface area contributed by atoms with Gasteiger partial charge < -0.3 is 5.11 Å². The molecule has 1 N–H and O–H groups in total. The lowest BCUT2D eigenvalue weighted by Crippen LogP contribution is -2.38. The van der Waals surface area contributed by atoms with Gasteiger partial charge >= 0.3 is 11.7 Å². The standard InChI is InChI=1S/C17H15N3O4/c1-9-11(16(22)23)12(10-7-5-4-6-8-10)13-14(18-9)19(2)17(24)20(3)15(13)21/h4-8H,1-3H3,(H,22,23). The lowest BCUT2D eigenvalue weighted by Gasteiger charge is -2.15. The molecular formula is C17H15N3O4. The van der Waals surface area contributed by atoms with Crippen LogP contribution in [0, 0.1) is 6.92 Å². The van der Waals surface area contributed by atoms with Crippen molar-refractivity contribution in [3.05, 3.63) is 62.4 Å². The number of carboxylic acids is 1. The first-order valence-corrected chi connectivity index (χ1v) is 7.23. The average Bonchev–Trinajstić information content (AvgIpc) is 2.57. The van der Waals surface area contributed by atoms with Crippen molar-refractivity contribution < 1.29 is 9.90 Å². The molecule has 0 amide bonds. The summed E-state index contributed by atoms with van der Waals surface area (Å²) in [6.07, 6.45) is 0. The number of carbonyl (C=O) groups is 1. The molecule has 2 aromatic heterocycles. The number of hydrogen-bond donors (Lipinski definition) is 1. The minimum Gasteiger partial charge on any atom is -0.478 e. The number of pyridine rings is 1. The van der Waals surface area contributed by atoms with Gasteiger partial charge in [-0.15, -0.1) is 0 Å². The predicted molar refractivity (Wildman–Crippen MR) is 89.4 cm³/mol. The molecule has 0 aliphatic carbocycles. The molecule has 1 aromatic carbocycles. The van der Waals surface area contributed by atoms with Crippen LogP contribution in [0.25, 0.3) is 22.2 Å². The van der Waals surface area contributed by atoms with Crippen LogP contribution in [0.3, 0.4) is 0 Å². The molecule has 0 aliphatic rings. The third kappa shape index (κ3) is 2.13. The summed E-state index contributed by atoms with van der Waals surface area (Å²) in [5.41, 5.74) is 0.164. The molecule has 3 aromatic rings. The SMILES string of the molecule is Cc1nc2c(c(-c3ccccc3)c1C(=O)O)c(=O)n(C)c(=O)n2C. The first-order valence-electron chi connectivity index (χ1n) is 7.23. The van der Waals surface area contributed by atoms with Gasteiger partial charge in [0, 0.05) is 19.7 Å². The van der Waals surface area contributed by atoms with E-state index < -0.39 is 17.2 Å². The zero-order chi connectivity index (χ0) is 17.6. The topological polar surface area (TPSA) is 94.2 Å². The molecule has 7 heteroatoms. The van der Waals surface area contributed by atoms with Crippen LogP contribution in [-0.2, 0) is 14.1 Å². The highest BCUT2D eigenvalue weighted by Crippen LogP contribution is 2.30. The number of hydrogen-bond acceptors (Lipinski definition) is 4. The molecule has 0 saturated heterocycles. The van der Waals surface area contributed by atoms with Crippen molar-refractivity contribution in [3.8, 4) is 11.1 Å². The fourth-order valence-electron chi connectivity index (χ4n) is 2.86. The van der Waals surface area contributed by atoms with Gasteiger partial charge in [-0.1, -0.05) is 30.3 Å². The highest BCUT2D eigenvalue weighted by atomic mass is 16.4. The highest BCUT2D eigenvalue weighted by Gasteiger charge is 2.24. The molecule has 2 heterocycles. The van der Waals surface area contributed by atoms with Crippen LogP contribution in [0.5, 0.6) is 0 Å². The fraction of sp³-hybridized carbons (Fsp3) is 0.176. The molecule has 0 atom stereocenters. The zero-order valence-corrected chi connectivity index (χ0v) is 13.4. The van der Waals surface area contributed by atoms with Crippen LogP contribution in [-0.4, -0.2) is 25.2 Å². The Morgan fingerprint density at radius 2 is 1.71 bits per heavy atom. The van der Waals surface area contributed by atoms with Gasteiger partial charge in [-0.05, 0) is 12.5 Å². The summed E-state index contributed by atoms with van der Waals surface area (Å²) in [4.78, 5) is 40.9. The van der Waals surface area contributed by atoms with Gasteiger partial charge in [0.2, 0.25) is 0 Å². The van der Waals surface area contributed by atoms with Gasteiger partial charge in [-0.3, -0.25) is 13.9 Å². The smallest absolute Gasteiger partial charge is 0.338 e. The van der Waals surface area contributed by atoms with Crippen LogP contribution in [0.1, 0.15) is 16.1 Å². The van der Waals surface area contributed by atoms with Crippen molar-refractivity contribution in [2.45, 2.75) is 6.92 Å². The number of rotatable bonds is 2. The number of aromatic nitrogens is 3. The van der Waals surface area contributed by atoms with Crippen molar-refractivity contribution in [2.75, 3.05) is 0 Å². The second-order valence-corrected chi connectivity index (χ2v) is 5.52. The lowest BCUT2D eigenvalue weighted by atomic mass is 9.96. The summed E-state index contributed by atoms with van der Waals surface area (Å²) < 4.78 is 2.21. The van der Waals surface area contributed by atoms with Gasteiger partial charge in [0.05, 0.1) is 16.6 Å². The van der Waals surface area contributed by atoms with Crippen molar-refractivity contribution >= 4 is 17.0 Å². The molecule has 0 spiro atoms. The van der Waals surface area contributed by atoms with Gasteiger partial charge in [0.1, 0.15) is 5.65 Å². The Hall–Kier alpha value is -3.22. The van der Waals surface area contributed by atoms with E-state index in [9.17, 15) is 19.5 Å². The predicted octanol–water partition coefficient (Wildman–Crippen LogP) is 1.31. The number of fused-ring (bicyclic) bond motifs is 1. The van der Waals surface area contributed by atoms with Crippen LogP contribution in [0.4, 0.5) is 0 Å².